The zero-order valence-electron chi connectivity index (χ0n) is 23.8. The fraction of sp³-hybridized carbons (Fsp3) is 0.875. The molecule has 0 aliphatic heterocycles. The largest absolute Gasteiger partial charge is 0.481 e. The van der Waals surface area contributed by atoms with Crippen LogP contribution in [0.3, 0.4) is 0 Å². The van der Waals surface area contributed by atoms with Gasteiger partial charge >= 0.3 is 11.9 Å². The van der Waals surface area contributed by atoms with E-state index in [2.05, 4.69) is 13.8 Å². The number of carbonyl (C=O) groups excluding carboxylic acids is 1. The summed E-state index contributed by atoms with van der Waals surface area (Å²) in [4.78, 5) is 24.6. The van der Waals surface area contributed by atoms with Gasteiger partial charge in [-0.1, -0.05) is 135 Å². The van der Waals surface area contributed by atoms with E-state index in [0.717, 1.165) is 32.1 Å². The second-order valence-corrected chi connectivity index (χ2v) is 11.1. The first-order chi connectivity index (χ1) is 17.6. The monoisotopic (exact) mass is 506 g/mol. The summed E-state index contributed by atoms with van der Waals surface area (Å²) in [6, 6.07) is 0. The second-order valence-electron chi connectivity index (χ2n) is 11.1. The lowest BCUT2D eigenvalue weighted by Gasteiger charge is -2.26. The Bertz CT molecular complexity index is 571. The summed E-state index contributed by atoms with van der Waals surface area (Å²) in [6.45, 7) is 4.51. The average molecular weight is 507 g/mol. The number of hydrogen-bond acceptors (Lipinski definition) is 3. The number of carbonyl (C=O) groups is 2. The number of aliphatic carboxylic acids is 1. The van der Waals surface area contributed by atoms with Crippen LogP contribution in [0.25, 0.3) is 0 Å². The number of unbranched alkanes of at least 4 members (excludes halogenated alkanes) is 17. The third-order valence-electron chi connectivity index (χ3n) is 7.80. The number of esters is 1. The standard InChI is InChI=1S/C32H58O4/c1-3-5-7-9-11-13-14-15-17-19-21-25-28(24-20-18-16-12-10-8-6-4-2)36-32(35)30-27-23-22-26-29(30)31(33)34/h23,27-30H,3-22,24-26H2,1-2H3,(H,33,34). The molecule has 36 heavy (non-hydrogen) atoms. The zero-order chi connectivity index (χ0) is 26.3. The highest BCUT2D eigenvalue weighted by Crippen LogP contribution is 2.28. The lowest BCUT2D eigenvalue weighted by atomic mass is 9.84. The van der Waals surface area contributed by atoms with Crippen molar-refractivity contribution in [1.29, 1.82) is 0 Å². The molecule has 210 valence electrons. The number of ether oxygens (including phenoxy) is 1. The minimum Gasteiger partial charge on any atom is -0.481 e. The molecule has 4 heteroatoms. The van der Waals surface area contributed by atoms with E-state index in [4.69, 9.17) is 4.74 Å². The Balaban J connectivity index is 2.35. The fourth-order valence-electron chi connectivity index (χ4n) is 5.40. The van der Waals surface area contributed by atoms with Crippen molar-refractivity contribution in [1.82, 2.24) is 0 Å². The third kappa shape index (κ3) is 16.4. The molecule has 4 nitrogen and oxygen atoms in total. The number of carboxylic acids is 1. The summed E-state index contributed by atoms with van der Waals surface area (Å²) in [5.41, 5.74) is 0. The van der Waals surface area contributed by atoms with Crippen molar-refractivity contribution in [3.8, 4) is 0 Å². The Morgan fingerprint density at radius 2 is 1.14 bits per heavy atom. The highest BCUT2D eigenvalue weighted by molar-refractivity contribution is 5.83. The summed E-state index contributed by atoms with van der Waals surface area (Å²) in [7, 11) is 0. The van der Waals surface area contributed by atoms with Crippen molar-refractivity contribution >= 4 is 11.9 Å². The maximum absolute atomic E-state index is 12.9. The first kappa shape index (κ1) is 32.7. The Kier molecular flexibility index (Phi) is 20.8. The molecule has 1 aliphatic rings. The molecule has 0 saturated heterocycles. The molecule has 3 atom stereocenters. The number of hydrogen-bond donors (Lipinski definition) is 1. The average Bonchev–Trinajstić information content (AvgIpc) is 2.88. The molecule has 0 aromatic carbocycles. The molecule has 1 N–H and O–H groups in total. The molecule has 1 aliphatic carbocycles. The van der Waals surface area contributed by atoms with E-state index in [1.807, 2.05) is 6.08 Å². The van der Waals surface area contributed by atoms with Gasteiger partial charge in [-0.05, 0) is 38.5 Å². The molecule has 0 amide bonds. The van der Waals surface area contributed by atoms with E-state index < -0.39 is 17.8 Å². The van der Waals surface area contributed by atoms with Gasteiger partial charge in [-0.3, -0.25) is 9.59 Å². The van der Waals surface area contributed by atoms with Crippen LogP contribution in [-0.2, 0) is 14.3 Å². The lowest BCUT2D eigenvalue weighted by molar-refractivity contribution is -0.160. The molecular weight excluding hydrogens is 448 g/mol. The predicted molar refractivity (Wildman–Crippen MR) is 151 cm³/mol. The van der Waals surface area contributed by atoms with Crippen molar-refractivity contribution in [2.45, 2.75) is 168 Å². The zero-order valence-corrected chi connectivity index (χ0v) is 23.8. The van der Waals surface area contributed by atoms with Crippen LogP contribution in [0.15, 0.2) is 12.2 Å². The van der Waals surface area contributed by atoms with Crippen molar-refractivity contribution in [2.24, 2.45) is 11.8 Å². The fourth-order valence-corrected chi connectivity index (χ4v) is 5.40. The Labute approximate surface area is 223 Å². The van der Waals surface area contributed by atoms with Crippen LogP contribution < -0.4 is 0 Å². The van der Waals surface area contributed by atoms with Crippen molar-refractivity contribution < 1.29 is 19.4 Å². The second kappa shape index (κ2) is 22.8. The van der Waals surface area contributed by atoms with Gasteiger partial charge in [0.1, 0.15) is 6.10 Å². The molecule has 0 spiro atoms. The van der Waals surface area contributed by atoms with Crippen LogP contribution in [0.2, 0.25) is 0 Å². The van der Waals surface area contributed by atoms with Crippen molar-refractivity contribution in [3.05, 3.63) is 12.2 Å². The van der Waals surface area contributed by atoms with Crippen LogP contribution in [0.4, 0.5) is 0 Å². The molecule has 0 saturated carbocycles. The highest BCUT2D eigenvalue weighted by atomic mass is 16.5. The van der Waals surface area contributed by atoms with E-state index in [0.29, 0.717) is 6.42 Å². The number of rotatable bonds is 24. The molecular formula is C32H58O4. The SMILES string of the molecule is CCCCCCCCCCCCCC(CCCCCCCCCC)OC(=O)C1C=CCCC1C(=O)O. The van der Waals surface area contributed by atoms with Crippen molar-refractivity contribution in [2.75, 3.05) is 0 Å². The van der Waals surface area contributed by atoms with E-state index in [9.17, 15) is 14.7 Å². The molecule has 0 radical (unpaired) electrons. The first-order valence-electron chi connectivity index (χ1n) is 15.7. The molecule has 1 rings (SSSR count). The molecule has 0 aromatic heterocycles. The molecule has 3 unspecified atom stereocenters. The summed E-state index contributed by atoms with van der Waals surface area (Å²) >= 11 is 0. The van der Waals surface area contributed by atoms with E-state index in [-0.39, 0.29) is 12.1 Å². The summed E-state index contributed by atoms with van der Waals surface area (Å²) in [6.07, 6.45) is 31.2. The lowest BCUT2D eigenvalue weighted by Crippen LogP contribution is -2.33. The molecule has 0 bridgehead atoms. The smallest absolute Gasteiger partial charge is 0.313 e. The first-order valence-corrected chi connectivity index (χ1v) is 15.7. The normalized spacial score (nSPS) is 18.3. The topological polar surface area (TPSA) is 63.6 Å². The third-order valence-corrected chi connectivity index (χ3v) is 7.80. The van der Waals surface area contributed by atoms with Crippen LogP contribution in [-0.4, -0.2) is 23.1 Å². The van der Waals surface area contributed by atoms with Gasteiger partial charge in [0.25, 0.3) is 0 Å². The van der Waals surface area contributed by atoms with Gasteiger partial charge in [-0.2, -0.15) is 0 Å². The molecule has 0 fully saturated rings. The summed E-state index contributed by atoms with van der Waals surface area (Å²) < 4.78 is 5.97. The van der Waals surface area contributed by atoms with Crippen LogP contribution in [0, 0.1) is 11.8 Å². The predicted octanol–water partition coefficient (Wildman–Crippen LogP) is 9.80. The Hall–Kier alpha value is -1.32. The summed E-state index contributed by atoms with van der Waals surface area (Å²) in [5, 5.41) is 9.54. The van der Waals surface area contributed by atoms with Crippen LogP contribution >= 0.6 is 0 Å². The summed E-state index contributed by atoms with van der Waals surface area (Å²) in [5.74, 6) is -2.49. The Morgan fingerprint density at radius 3 is 1.56 bits per heavy atom. The Morgan fingerprint density at radius 1 is 0.722 bits per heavy atom. The van der Waals surface area contributed by atoms with Gasteiger partial charge in [-0.25, -0.2) is 0 Å². The maximum Gasteiger partial charge on any atom is 0.313 e. The van der Waals surface area contributed by atoms with Crippen LogP contribution in [0.5, 0.6) is 0 Å². The quantitative estimate of drug-likeness (QED) is 0.0803. The van der Waals surface area contributed by atoms with E-state index in [1.165, 1.54) is 109 Å². The van der Waals surface area contributed by atoms with E-state index >= 15 is 0 Å². The van der Waals surface area contributed by atoms with Gasteiger partial charge in [0.2, 0.25) is 0 Å². The van der Waals surface area contributed by atoms with Crippen molar-refractivity contribution in [3.63, 3.8) is 0 Å². The van der Waals surface area contributed by atoms with Gasteiger partial charge in [0, 0.05) is 0 Å². The number of carboxylic acid groups (broad SMARTS) is 1. The van der Waals surface area contributed by atoms with Gasteiger partial charge in [0.05, 0.1) is 11.8 Å². The number of allylic oxidation sites excluding steroid dienone is 1. The minimum absolute atomic E-state index is 0.0686. The van der Waals surface area contributed by atoms with Gasteiger partial charge in [0.15, 0.2) is 0 Å². The molecule has 0 heterocycles. The minimum atomic E-state index is -0.883. The van der Waals surface area contributed by atoms with E-state index in [1.54, 1.807) is 6.08 Å². The highest BCUT2D eigenvalue weighted by Gasteiger charge is 2.35. The van der Waals surface area contributed by atoms with Gasteiger partial charge < -0.3 is 9.84 Å². The van der Waals surface area contributed by atoms with Gasteiger partial charge in [-0.15, -0.1) is 0 Å². The molecule has 0 aromatic rings. The maximum atomic E-state index is 12.9. The van der Waals surface area contributed by atoms with Crippen LogP contribution in [0.1, 0.15) is 162 Å².